The van der Waals surface area contributed by atoms with Crippen LogP contribution in [0.15, 0.2) is 0 Å². The fourth-order valence-corrected chi connectivity index (χ4v) is 1.70. The van der Waals surface area contributed by atoms with Gasteiger partial charge in [0.25, 0.3) is 0 Å². The van der Waals surface area contributed by atoms with E-state index in [1.165, 1.54) is 0 Å². The SMILES string of the molecule is CC(=O)CC1(CC(=O)Cl)CC1. The highest BCUT2D eigenvalue weighted by molar-refractivity contribution is 6.63. The lowest BCUT2D eigenvalue weighted by Crippen LogP contribution is -2.09. The Morgan fingerprint density at radius 3 is 2.18 bits per heavy atom. The molecule has 1 aliphatic rings. The molecule has 0 atom stereocenters. The molecule has 0 radical (unpaired) electrons. The van der Waals surface area contributed by atoms with Gasteiger partial charge in [-0.1, -0.05) is 0 Å². The molecule has 1 aliphatic carbocycles. The lowest BCUT2D eigenvalue weighted by Gasteiger charge is -2.08. The Morgan fingerprint density at radius 2 is 1.91 bits per heavy atom. The summed E-state index contributed by atoms with van der Waals surface area (Å²) in [6.45, 7) is 1.55. The first kappa shape index (κ1) is 8.72. The maximum absolute atomic E-state index is 10.7. The quantitative estimate of drug-likeness (QED) is 0.610. The molecule has 0 N–H and O–H groups in total. The summed E-state index contributed by atoms with van der Waals surface area (Å²) in [5, 5.41) is -0.316. The number of hydrogen-bond acceptors (Lipinski definition) is 2. The molecule has 3 heteroatoms. The Bertz CT molecular complexity index is 176. The van der Waals surface area contributed by atoms with E-state index in [-0.39, 0.29) is 16.4 Å². The van der Waals surface area contributed by atoms with Crippen molar-refractivity contribution < 1.29 is 9.59 Å². The summed E-state index contributed by atoms with van der Waals surface area (Å²) in [5.41, 5.74) is -0.0370. The summed E-state index contributed by atoms with van der Waals surface area (Å²) >= 11 is 5.24. The number of carbonyl (C=O) groups excluding carboxylic acids is 2. The van der Waals surface area contributed by atoms with Crippen molar-refractivity contribution in [2.75, 3.05) is 0 Å². The number of hydrogen-bond donors (Lipinski definition) is 0. The second-order valence-electron chi connectivity index (χ2n) is 3.41. The van der Waals surface area contributed by atoms with Gasteiger partial charge in [0.2, 0.25) is 5.24 Å². The van der Waals surface area contributed by atoms with E-state index in [0.717, 1.165) is 12.8 Å². The van der Waals surface area contributed by atoms with Crippen molar-refractivity contribution in [3.05, 3.63) is 0 Å². The zero-order valence-corrected chi connectivity index (χ0v) is 7.28. The average Bonchev–Trinajstić information content (AvgIpc) is 2.43. The van der Waals surface area contributed by atoms with E-state index in [1.54, 1.807) is 6.92 Å². The van der Waals surface area contributed by atoms with Crippen LogP contribution in [0.5, 0.6) is 0 Å². The van der Waals surface area contributed by atoms with Crippen LogP contribution in [0.4, 0.5) is 0 Å². The van der Waals surface area contributed by atoms with Gasteiger partial charge in [-0.15, -0.1) is 0 Å². The summed E-state index contributed by atoms with van der Waals surface area (Å²) in [7, 11) is 0. The Kier molecular flexibility index (Phi) is 2.33. The summed E-state index contributed by atoms with van der Waals surface area (Å²) in [5.74, 6) is 0.153. The summed E-state index contributed by atoms with van der Waals surface area (Å²) in [6.07, 6.45) is 2.84. The van der Waals surface area contributed by atoms with E-state index in [0.29, 0.717) is 12.8 Å². The number of Topliss-reactive ketones (excluding diaryl/α,β-unsaturated/α-hetero) is 1. The minimum absolute atomic E-state index is 0.0370. The highest BCUT2D eigenvalue weighted by Gasteiger charge is 2.44. The molecule has 2 nitrogen and oxygen atoms in total. The molecule has 0 aromatic carbocycles. The van der Waals surface area contributed by atoms with Crippen molar-refractivity contribution in [1.29, 1.82) is 0 Å². The van der Waals surface area contributed by atoms with Crippen molar-refractivity contribution in [3.63, 3.8) is 0 Å². The number of carbonyl (C=O) groups is 2. The Balaban J connectivity index is 2.41. The lowest BCUT2D eigenvalue weighted by molar-refractivity contribution is -0.118. The molecule has 0 heterocycles. The van der Waals surface area contributed by atoms with E-state index < -0.39 is 0 Å². The predicted octanol–water partition coefficient (Wildman–Crippen LogP) is 1.90. The van der Waals surface area contributed by atoms with E-state index in [9.17, 15) is 9.59 Å². The molecule has 0 amide bonds. The average molecular weight is 175 g/mol. The molecule has 1 rings (SSSR count). The van der Waals surface area contributed by atoms with E-state index >= 15 is 0 Å². The molecule has 1 saturated carbocycles. The predicted molar refractivity (Wildman–Crippen MR) is 42.4 cm³/mol. The van der Waals surface area contributed by atoms with Crippen LogP contribution >= 0.6 is 11.6 Å². The molecule has 0 unspecified atom stereocenters. The van der Waals surface area contributed by atoms with Crippen molar-refractivity contribution in [2.24, 2.45) is 5.41 Å². The van der Waals surface area contributed by atoms with Crippen LogP contribution in [-0.4, -0.2) is 11.0 Å². The maximum Gasteiger partial charge on any atom is 0.222 e. The van der Waals surface area contributed by atoms with Crippen LogP contribution in [0.2, 0.25) is 0 Å². The molecular weight excluding hydrogens is 164 g/mol. The van der Waals surface area contributed by atoms with Gasteiger partial charge in [0.1, 0.15) is 5.78 Å². The van der Waals surface area contributed by atoms with Crippen LogP contribution in [0.3, 0.4) is 0 Å². The standard InChI is InChI=1S/C8H11ClO2/c1-6(10)4-8(2-3-8)5-7(9)11/h2-5H2,1H3. The third kappa shape index (κ3) is 2.62. The Hall–Kier alpha value is -0.370. The molecule has 0 aromatic rings. The minimum Gasteiger partial charge on any atom is -0.300 e. The van der Waals surface area contributed by atoms with Gasteiger partial charge < -0.3 is 4.79 Å². The smallest absolute Gasteiger partial charge is 0.222 e. The van der Waals surface area contributed by atoms with Crippen molar-refractivity contribution in [1.82, 2.24) is 0 Å². The van der Waals surface area contributed by atoms with Gasteiger partial charge in [0.15, 0.2) is 0 Å². The minimum atomic E-state index is -0.316. The Morgan fingerprint density at radius 1 is 1.36 bits per heavy atom. The molecule has 0 bridgehead atoms. The zero-order chi connectivity index (χ0) is 8.48. The summed E-state index contributed by atoms with van der Waals surface area (Å²) in [4.78, 5) is 21.3. The van der Waals surface area contributed by atoms with Gasteiger partial charge in [-0.05, 0) is 36.8 Å². The van der Waals surface area contributed by atoms with Gasteiger partial charge in [-0.25, -0.2) is 0 Å². The molecule has 62 valence electrons. The number of halogens is 1. The Labute approximate surface area is 70.9 Å². The maximum atomic E-state index is 10.7. The van der Waals surface area contributed by atoms with Gasteiger partial charge in [0, 0.05) is 12.8 Å². The first-order valence-corrected chi connectivity index (χ1v) is 4.10. The second kappa shape index (κ2) is 2.94. The monoisotopic (exact) mass is 174 g/mol. The largest absolute Gasteiger partial charge is 0.300 e. The lowest BCUT2D eigenvalue weighted by atomic mass is 9.97. The molecule has 0 spiro atoms. The molecular formula is C8H11ClO2. The van der Waals surface area contributed by atoms with E-state index in [4.69, 9.17) is 11.6 Å². The molecule has 1 fully saturated rings. The van der Waals surface area contributed by atoms with Crippen LogP contribution in [0.25, 0.3) is 0 Å². The van der Waals surface area contributed by atoms with Gasteiger partial charge in [-0.2, -0.15) is 0 Å². The highest BCUT2D eigenvalue weighted by atomic mass is 35.5. The number of rotatable bonds is 4. The third-order valence-electron chi connectivity index (χ3n) is 2.10. The highest BCUT2D eigenvalue weighted by Crippen LogP contribution is 2.52. The van der Waals surface area contributed by atoms with Crippen LogP contribution < -0.4 is 0 Å². The fourth-order valence-electron chi connectivity index (χ4n) is 1.42. The normalized spacial score (nSPS) is 19.5. The second-order valence-corrected chi connectivity index (χ2v) is 3.83. The molecule has 0 aliphatic heterocycles. The van der Waals surface area contributed by atoms with Crippen LogP contribution in [0, 0.1) is 5.41 Å². The first-order chi connectivity index (χ1) is 5.04. The molecule has 11 heavy (non-hydrogen) atoms. The summed E-state index contributed by atoms with van der Waals surface area (Å²) < 4.78 is 0. The van der Waals surface area contributed by atoms with Gasteiger partial charge >= 0.3 is 0 Å². The van der Waals surface area contributed by atoms with Crippen LogP contribution in [-0.2, 0) is 9.59 Å². The first-order valence-electron chi connectivity index (χ1n) is 3.72. The molecule has 0 saturated heterocycles. The molecule has 0 aromatic heterocycles. The van der Waals surface area contributed by atoms with Gasteiger partial charge in [-0.3, -0.25) is 4.79 Å². The van der Waals surface area contributed by atoms with E-state index in [2.05, 4.69) is 0 Å². The van der Waals surface area contributed by atoms with E-state index in [1.807, 2.05) is 0 Å². The van der Waals surface area contributed by atoms with Crippen LogP contribution in [0.1, 0.15) is 32.6 Å². The van der Waals surface area contributed by atoms with Gasteiger partial charge in [0.05, 0.1) is 0 Å². The van der Waals surface area contributed by atoms with Crippen molar-refractivity contribution in [3.8, 4) is 0 Å². The summed E-state index contributed by atoms with van der Waals surface area (Å²) in [6, 6.07) is 0. The van der Waals surface area contributed by atoms with Crippen molar-refractivity contribution >= 4 is 22.6 Å². The third-order valence-corrected chi connectivity index (χ3v) is 2.23. The zero-order valence-electron chi connectivity index (χ0n) is 6.52. The fraction of sp³-hybridized carbons (Fsp3) is 0.750. The van der Waals surface area contributed by atoms with Crippen molar-refractivity contribution in [2.45, 2.75) is 32.6 Å². The number of ketones is 1. The topological polar surface area (TPSA) is 34.1 Å².